The van der Waals surface area contributed by atoms with E-state index >= 15 is 0 Å². The topological polar surface area (TPSA) is 26.8 Å². The van der Waals surface area contributed by atoms with E-state index < -0.39 is 0 Å². The SMILES string of the molecule is CN1CCN(c2ccccc2C=C2C=CC=C(N3CCCC3=O)C2)CC1. The van der Waals surface area contributed by atoms with Gasteiger partial charge in [0.2, 0.25) is 5.91 Å². The van der Waals surface area contributed by atoms with Crippen molar-refractivity contribution in [2.24, 2.45) is 0 Å². The van der Waals surface area contributed by atoms with Crippen LogP contribution in [0.5, 0.6) is 0 Å². The van der Waals surface area contributed by atoms with Crippen LogP contribution in [0.4, 0.5) is 5.69 Å². The van der Waals surface area contributed by atoms with Gasteiger partial charge in [-0.05, 0) is 42.8 Å². The van der Waals surface area contributed by atoms with Gasteiger partial charge in [-0.15, -0.1) is 0 Å². The third-order valence-electron chi connectivity index (χ3n) is 5.53. The van der Waals surface area contributed by atoms with Gasteiger partial charge in [-0.1, -0.05) is 30.4 Å². The maximum absolute atomic E-state index is 12.1. The molecule has 1 aromatic rings. The first-order valence-corrected chi connectivity index (χ1v) is 9.61. The highest BCUT2D eigenvalue weighted by atomic mass is 16.2. The van der Waals surface area contributed by atoms with Crippen molar-refractivity contribution >= 4 is 17.7 Å². The molecule has 0 bridgehead atoms. The fourth-order valence-corrected chi connectivity index (χ4v) is 3.99. The lowest BCUT2D eigenvalue weighted by molar-refractivity contribution is -0.126. The third-order valence-corrected chi connectivity index (χ3v) is 5.53. The van der Waals surface area contributed by atoms with Gasteiger partial charge in [-0.25, -0.2) is 0 Å². The van der Waals surface area contributed by atoms with E-state index in [0.717, 1.165) is 51.3 Å². The van der Waals surface area contributed by atoms with Crippen LogP contribution in [0.2, 0.25) is 0 Å². The zero-order valence-electron chi connectivity index (χ0n) is 15.5. The van der Waals surface area contributed by atoms with E-state index in [9.17, 15) is 4.79 Å². The summed E-state index contributed by atoms with van der Waals surface area (Å²) in [6.45, 7) is 5.22. The fraction of sp³-hybridized carbons (Fsp3) is 0.409. The maximum atomic E-state index is 12.1. The highest BCUT2D eigenvalue weighted by molar-refractivity contribution is 5.80. The van der Waals surface area contributed by atoms with Crippen molar-refractivity contribution in [2.45, 2.75) is 19.3 Å². The molecule has 0 aromatic heterocycles. The second-order valence-electron chi connectivity index (χ2n) is 7.41. The number of rotatable bonds is 3. The van der Waals surface area contributed by atoms with Crippen LogP contribution in [-0.4, -0.2) is 55.5 Å². The number of carbonyl (C=O) groups excluding carboxylic acids is 1. The molecule has 0 saturated carbocycles. The average molecular weight is 349 g/mol. The summed E-state index contributed by atoms with van der Waals surface area (Å²) in [7, 11) is 2.19. The lowest BCUT2D eigenvalue weighted by Gasteiger charge is -2.35. The summed E-state index contributed by atoms with van der Waals surface area (Å²) < 4.78 is 0. The summed E-state index contributed by atoms with van der Waals surface area (Å²) in [5.41, 5.74) is 4.99. The minimum atomic E-state index is 0.267. The van der Waals surface area contributed by atoms with Crippen LogP contribution < -0.4 is 4.90 Å². The summed E-state index contributed by atoms with van der Waals surface area (Å²) in [6.07, 6.45) is 11.1. The van der Waals surface area contributed by atoms with Crippen molar-refractivity contribution in [3.8, 4) is 0 Å². The molecule has 0 spiro atoms. The summed E-state index contributed by atoms with van der Waals surface area (Å²) in [5, 5.41) is 0. The number of amides is 1. The second kappa shape index (κ2) is 7.50. The molecule has 1 amide bonds. The minimum Gasteiger partial charge on any atom is -0.368 e. The molecule has 2 aliphatic heterocycles. The van der Waals surface area contributed by atoms with Gasteiger partial charge in [0.25, 0.3) is 0 Å². The molecule has 0 radical (unpaired) electrons. The molecule has 2 fully saturated rings. The van der Waals surface area contributed by atoms with Gasteiger partial charge in [0, 0.05) is 56.9 Å². The van der Waals surface area contributed by atoms with Gasteiger partial charge >= 0.3 is 0 Å². The molecule has 2 saturated heterocycles. The van der Waals surface area contributed by atoms with Crippen LogP contribution in [0.3, 0.4) is 0 Å². The number of allylic oxidation sites excluding steroid dienone is 4. The van der Waals surface area contributed by atoms with Crippen molar-refractivity contribution in [1.82, 2.24) is 9.80 Å². The molecule has 26 heavy (non-hydrogen) atoms. The van der Waals surface area contributed by atoms with Gasteiger partial charge in [0.05, 0.1) is 0 Å². The molecule has 3 aliphatic rings. The van der Waals surface area contributed by atoms with Crippen molar-refractivity contribution in [3.05, 3.63) is 59.3 Å². The normalized spacial score (nSPS) is 23.0. The Balaban J connectivity index is 1.54. The van der Waals surface area contributed by atoms with Crippen LogP contribution in [0.15, 0.2) is 53.8 Å². The number of para-hydroxylation sites is 1. The summed E-state index contributed by atoms with van der Waals surface area (Å²) >= 11 is 0. The first-order valence-electron chi connectivity index (χ1n) is 9.61. The van der Waals surface area contributed by atoms with E-state index in [2.05, 4.69) is 65.4 Å². The van der Waals surface area contributed by atoms with Crippen molar-refractivity contribution < 1.29 is 4.79 Å². The Kier molecular flexibility index (Phi) is 4.93. The molecule has 1 aromatic carbocycles. The van der Waals surface area contributed by atoms with Crippen LogP contribution in [0, 0.1) is 0 Å². The predicted molar refractivity (Wildman–Crippen MR) is 107 cm³/mol. The van der Waals surface area contributed by atoms with Gasteiger partial charge in [0.15, 0.2) is 0 Å². The zero-order chi connectivity index (χ0) is 17.9. The largest absolute Gasteiger partial charge is 0.368 e. The lowest BCUT2D eigenvalue weighted by Crippen LogP contribution is -2.44. The average Bonchev–Trinajstić information content (AvgIpc) is 3.09. The van der Waals surface area contributed by atoms with Crippen molar-refractivity contribution in [3.63, 3.8) is 0 Å². The van der Waals surface area contributed by atoms with Crippen LogP contribution >= 0.6 is 0 Å². The van der Waals surface area contributed by atoms with Crippen molar-refractivity contribution in [1.29, 1.82) is 0 Å². The van der Waals surface area contributed by atoms with E-state index in [1.165, 1.54) is 16.8 Å². The predicted octanol–water partition coefficient (Wildman–Crippen LogP) is 3.29. The molecule has 0 atom stereocenters. The Morgan fingerprint density at radius 2 is 1.85 bits per heavy atom. The number of hydrogen-bond acceptors (Lipinski definition) is 3. The first-order chi connectivity index (χ1) is 12.7. The Morgan fingerprint density at radius 3 is 2.62 bits per heavy atom. The van der Waals surface area contributed by atoms with E-state index in [-0.39, 0.29) is 5.91 Å². The Morgan fingerprint density at radius 1 is 1.04 bits per heavy atom. The van der Waals surface area contributed by atoms with E-state index in [0.29, 0.717) is 6.42 Å². The van der Waals surface area contributed by atoms with Gasteiger partial charge < -0.3 is 14.7 Å². The molecule has 136 valence electrons. The highest BCUT2D eigenvalue weighted by Crippen LogP contribution is 2.29. The molecular weight excluding hydrogens is 322 g/mol. The fourth-order valence-electron chi connectivity index (χ4n) is 3.99. The van der Waals surface area contributed by atoms with E-state index in [4.69, 9.17) is 0 Å². The smallest absolute Gasteiger partial charge is 0.226 e. The molecule has 2 heterocycles. The maximum Gasteiger partial charge on any atom is 0.226 e. The van der Waals surface area contributed by atoms with E-state index in [1.807, 2.05) is 4.90 Å². The van der Waals surface area contributed by atoms with Crippen LogP contribution in [0.25, 0.3) is 6.08 Å². The van der Waals surface area contributed by atoms with Gasteiger partial charge in [-0.3, -0.25) is 4.79 Å². The lowest BCUT2D eigenvalue weighted by atomic mass is 10.00. The van der Waals surface area contributed by atoms with Crippen molar-refractivity contribution in [2.75, 3.05) is 44.7 Å². The standard InChI is InChI=1S/C22H27N3O/c1-23-12-14-24(15-13-23)21-9-3-2-7-19(21)16-18-6-4-8-20(17-18)25-11-5-10-22(25)26/h2-4,6-9,16H,5,10-15,17H2,1H3. The molecule has 4 nitrogen and oxygen atoms in total. The van der Waals surface area contributed by atoms with Gasteiger partial charge in [0.1, 0.15) is 0 Å². The van der Waals surface area contributed by atoms with Gasteiger partial charge in [-0.2, -0.15) is 0 Å². The molecule has 0 unspecified atom stereocenters. The molecule has 4 heteroatoms. The molecule has 1 aliphatic carbocycles. The van der Waals surface area contributed by atoms with Crippen LogP contribution in [-0.2, 0) is 4.79 Å². The Bertz CT molecular complexity index is 769. The van der Waals surface area contributed by atoms with E-state index in [1.54, 1.807) is 0 Å². The monoisotopic (exact) mass is 349 g/mol. The number of likely N-dealkylation sites (tertiary alicyclic amines) is 1. The second-order valence-corrected chi connectivity index (χ2v) is 7.41. The molecule has 4 rings (SSSR count). The number of benzene rings is 1. The molecular formula is C22H27N3O. The number of hydrogen-bond donors (Lipinski definition) is 0. The number of likely N-dealkylation sites (N-methyl/N-ethyl adjacent to an activating group) is 1. The number of carbonyl (C=O) groups is 1. The summed E-state index contributed by atoms with van der Waals surface area (Å²) in [6, 6.07) is 8.67. The zero-order valence-corrected chi connectivity index (χ0v) is 15.5. The first kappa shape index (κ1) is 17.1. The number of anilines is 1. The Hall–Kier alpha value is -2.33. The summed E-state index contributed by atoms with van der Waals surface area (Å²) in [5.74, 6) is 0.267. The Labute approximate surface area is 156 Å². The van der Waals surface area contributed by atoms with Crippen LogP contribution in [0.1, 0.15) is 24.8 Å². The number of nitrogens with zero attached hydrogens (tertiary/aromatic N) is 3. The summed E-state index contributed by atoms with van der Waals surface area (Å²) in [4.78, 5) is 18.9. The third kappa shape index (κ3) is 3.61. The molecule has 0 N–H and O–H groups in total. The number of piperazine rings is 1. The minimum absolute atomic E-state index is 0.267. The highest BCUT2D eigenvalue weighted by Gasteiger charge is 2.24. The quantitative estimate of drug-likeness (QED) is 0.838.